The van der Waals surface area contributed by atoms with E-state index in [-0.39, 0.29) is 12.6 Å². The molecule has 16 heavy (non-hydrogen) atoms. The van der Waals surface area contributed by atoms with Crippen molar-refractivity contribution in [2.75, 3.05) is 24.3 Å². The summed E-state index contributed by atoms with van der Waals surface area (Å²) in [4.78, 5) is 0. The van der Waals surface area contributed by atoms with Crippen LogP contribution in [0.2, 0.25) is 0 Å². The third-order valence-electron chi connectivity index (χ3n) is 2.44. The molecule has 0 saturated carbocycles. The lowest BCUT2D eigenvalue weighted by atomic mass is 10.2. The molecule has 4 N–H and O–H groups in total. The topological polar surface area (TPSA) is 67.5 Å². The number of rotatable bonds is 6. The van der Waals surface area contributed by atoms with Gasteiger partial charge in [-0.1, -0.05) is 13.0 Å². The van der Waals surface area contributed by atoms with E-state index in [0.29, 0.717) is 18.0 Å². The summed E-state index contributed by atoms with van der Waals surface area (Å²) in [6, 6.07) is 5.63. The maximum absolute atomic E-state index is 9.12. The third kappa shape index (κ3) is 3.03. The third-order valence-corrected chi connectivity index (χ3v) is 2.44. The van der Waals surface area contributed by atoms with Crippen molar-refractivity contribution in [1.29, 1.82) is 0 Å². The number of anilines is 2. The van der Waals surface area contributed by atoms with Gasteiger partial charge in [-0.05, 0) is 25.5 Å². The minimum absolute atomic E-state index is 0.0270. The Balaban J connectivity index is 2.83. The minimum atomic E-state index is 0.0270. The molecular weight excluding hydrogens is 204 g/mol. The number of hydrogen-bond donors (Lipinski definition) is 3. The first-order chi connectivity index (χ1) is 7.72. The van der Waals surface area contributed by atoms with Crippen LogP contribution in [0.3, 0.4) is 0 Å². The number of nitrogens with two attached hydrogens (primary N) is 1. The van der Waals surface area contributed by atoms with E-state index in [1.807, 2.05) is 32.0 Å². The van der Waals surface area contributed by atoms with Crippen molar-refractivity contribution in [2.24, 2.45) is 0 Å². The zero-order valence-corrected chi connectivity index (χ0v) is 9.86. The molecule has 0 fully saturated rings. The van der Waals surface area contributed by atoms with Gasteiger partial charge in [-0.25, -0.2) is 0 Å². The van der Waals surface area contributed by atoms with Gasteiger partial charge < -0.3 is 20.9 Å². The van der Waals surface area contributed by atoms with Gasteiger partial charge in [-0.2, -0.15) is 0 Å². The van der Waals surface area contributed by atoms with E-state index in [1.54, 1.807) is 0 Å². The SMILES string of the molecule is CCOc1cccc(NC(CC)CO)c1N. The largest absolute Gasteiger partial charge is 0.492 e. The molecular formula is C12H20N2O2. The molecule has 0 aliphatic carbocycles. The Bertz CT molecular complexity index is 325. The fourth-order valence-corrected chi connectivity index (χ4v) is 1.45. The summed E-state index contributed by atoms with van der Waals surface area (Å²) in [5.74, 6) is 0.681. The van der Waals surface area contributed by atoms with E-state index in [1.165, 1.54) is 0 Å². The molecule has 4 nitrogen and oxygen atoms in total. The molecule has 1 aromatic carbocycles. The Kier molecular flexibility index (Phi) is 4.92. The molecule has 0 saturated heterocycles. The summed E-state index contributed by atoms with van der Waals surface area (Å²) in [5.41, 5.74) is 7.36. The van der Waals surface area contributed by atoms with Crippen LogP contribution >= 0.6 is 0 Å². The lowest BCUT2D eigenvalue weighted by molar-refractivity contribution is 0.272. The molecule has 0 bridgehead atoms. The second-order valence-corrected chi connectivity index (χ2v) is 3.58. The quantitative estimate of drug-likeness (QED) is 0.645. The van der Waals surface area contributed by atoms with Gasteiger partial charge in [0.25, 0.3) is 0 Å². The predicted octanol–water partition coefficient (Wildman–Crippen LogP) is 1.85. The Morgan fingerprint density at radius 2 is 2.19 bits per heavy atom. The molecule has 0 radical (unpaired) electrons. The number of benzene rings is 1. The van der Waals surface area contributed by atoms with Gasteiger partial charge in [-0.3, -0.25) is 0 Å². The summed E-state index contributed by atoms with van der Waals surface area (Å²) in [6.07, 6.45) is 0.842. The van der Waals surface area contributed by atoms with Crippen LogP contribution in [-0.4, -0.2) is 24.4 Å². The first-order valence-corrected chi connectivity index (χ1v) is 5.61. The fourth-order valence-electron chi connectivity index (χ4n) is 1.45. The maximum Gasteiger partial charge on any atom is 0.144 e. The van der Waals surface area contributed by atoms with E-state index in [9.17, 15) is 0 Å². The highest BCUT2D eigenvalue weighted by Crippen LogP contribution is 2.29. The molecule has 1 rings (SSSR count). The van der Waals surface area contributed by atoms with E-state index in [4.69, 9.17) is 15.6 Å². The Hall–Kier alpha value is -1.42. The van der Waals surface area contributed by atoms with Crippen molar-refractivity contribution in [3.05, 3.63) is 18.2 Å². The molecule has 90 valence electrons. The number of aliphatic hydroxyl groups is 1. The van der Waals surface area contributed by atoms with Crippen molar-refractivity contribution in [1.82, 2.24) is 0 Å². The molecule has 1 atom stereocenters. The fraction of sp³-hybridized carbons (Fsp3) is 0.500. The Labute approximate surface area is 96.4 Å². The summed E-state index contributed by atoms with van der Waals surface area (Å²) < 4.78 is 5.40. The first-order valence-electron chi connectivity index (χ1n) is 5.61. The zero-order chi connectivity index (χ0) is 12.0. The van der Waals surface area contributed by atoms with Crippen molar-refractivity contribution >= 4 is 11.4 Å². The van der Waals surface area contributed by atoms with Gasteiger partial charge in [0.15, 0.2) is 0 Å². The zero-order valence-electron chi connectivity index (χ0n) is 9.86. The van der Waals surface area contributed by atoms with E-state index in [2.05, 4.69) is 5.32 Å². The highest BCUT2D eigenvalue weighted by atomic mass is 16.5. The second-order valence-electron chi connectivity index (χ2n) is 3.58. The normalized spacial score (nSPS) is 12.2. The smallest absolute Gasteiger partial charge is 0.144 e. The monoisotopic (exact) mass is 224 g/mol. The number of nitrogens with one attached hydrogen (secondary N) is 1. The van der Waals surface area contributed by atoms with Crippen LogP contribution in [0, 0.1) is 0 Å². The standard InChI is InChI=1S/C12H20N2O2/c1-3-9(8-15)14-10-6-5-7-11(12(10)13)16-4-2/h5-7,9,14-15H,3-4,8,13H2,1-2H3. The highest BCUT2D eigenvalue weighted by Gasteiger charge is 2.09. The summed E-state index contributed by atoms with van der Waals surface area (Å²) >= 11 is 0. The number of nitrogen functional groups attached to an aromatic ring is 1. The van der Waals surface area contributed by atoms with Gasteiger partial charge in [-0.15, -0.1) is 0 Å². The van der Waals surface area contributed by atoms with Gasteiger partial charge in [0.2, 0.25) is 0 Å². The van der Waals surface area contributed by atoms with Gasteiger partial charge in [0, 0.05) is 6.04 Å². The molecule has 1 unspecified atom stereocenters. The lowest BCUT2D eigenvalue weighted by Gasteiger charge is -2.18. The second kappa shape index (κ2) is 6.23. The summed E-state index contributed by atoms with van der Waals surface area (Å²) in [7, 11) is 0. The van der Waals surface area contributed by atoms with Crippen LogP contribution in [-0.2, 0) is 0 Å². The predicted molar refractivity (Wildman–Crippen MR) is 66.8 cm³/mol. The first kappa shape index (κ1) is 12.6. The van der Waals surface area contributed by atoms with Gasteiger partial charge >= 0.3 is 0 Å². The van der Waals surface area contributed by atoms with Crippen LogP contribution in [0.5, 0.6) is 5.75 Å². The minimum Gasteiger partial charge on any atom is -0.492 e. The van der Waals surface area contributed by atoms with Crippen LogP contribution in [0.4, 0.5) is 11.4 Å². The van der Waals surface area contributed by atoms with Crippen molar-refractivity contribution in [3.63, 3.8) is 0 Å². The molecule has 0 amide bonds. The molecule has 0 aliphatic heterocycles. The van der Waals surface area contributed by atoms with E-state index in [0.717, 1.165) is 12.1 Å². The lowest BCUT2D eigenvalue weighted by Crippen LogP contribution is -2.23. The van der Waals surface area contributed by atoms with Crippen molar-refractivity contribution < 1.29 is 9.84 Å². The van der Waals surface area contributed by atoms with Crippen molar-refractivity contribution in [3.8, 4) is 5.75 Å². The molecule has 0 aliphatic rings. The van der Waals surface area contributed by atoms with Gasteiger partial charge in [0.1, 0.15) is 5.75 Å². The Morgan fingerprint density at radius 3 is 2.75 bits per heavy atom. The Morgan fingerprint density at radius 1 is 1.44 bits per heavy atom. The molecule has 0 aromatic heterocycles. The molecule has 1 aromatic rings. The number of aliphatic hydroxyl groups excluding tert-OH is 1. The summed E-state index contributed by atoms with van der Waals surface area (Å²) in [5, 5.41) is 12.3. The van der Waals surface area contributed by atoms with E-state index >= 15 is 0 Å². The molecule has 0 spiro atoms. The van der Waals surface area contributed by atoms with Crippen LogP contribution in [0.1, 0.15) is 20.3 Å². The number of para-hydroxylation sites is 1. The highest BCUT2D eigenvalue weighted by molar-refractivity contribution is 5.73. The van der Waals surface area contributed by atoms with Crippen LogP contribution < -0.4 is 15.8 Å². The van der Waals surface area contributed by atoms with Crippen LogP contribution in [0.15, 0.2) is 18.2 Å². The molecule has 0 heterocycles. The number of hydrogen-bond acceptors (Lipinski definition) is 4. The van der Waals surface area contributed by atoms with Crippen molar-refractivity contribution in [2.45, 2.75) is 26.3 Å². The average molecular weight is 224 g/mol. The number of ether oxygens (including phenoxy) is 1. The van der Waals surface area contributed by atoms with Gasteiger partial charge in [0.05, 0.1) is 24.6 Å². The molecule has 4 heteroatoms. The maximum atomic E-state index is 9.12. The van der Waals surface area contributed by atoms with E-state index < -0.39 is 0 Å². The summed E-state index contributed by atoms with van der Waals surface area (Å²) in [6.45, 7) is 4.61. The average Bonchev–Trinajstić information content (AvgIpc) is 2.30. The van der Waals surface area contributed by atoms with Crippen LogP contribution in [0.25, 0.3) is 0 Å².